The van der Waals surface area contributed by atoms with E-state index < -0.39 is 0 Å². The lowest BCUT2D eigenvalue weighted by Crippen LogP contribution is -2.35. The summed E-state index contributed by atoms with van der Waals surface area (Å²) in [6, 6.07) is 10.1. The van der Waals surface area contributed by atoms with Crippen LogP contribution < -0.4 is 10.6 Å². The Bertz CT molecular complexity index is 964. The maximum Gasteiger partial charge on any atom is 0.225 e. The number of aryl methyl sites for hydroxylation is 2. The zero-order chi connectivity index (χ0) is 19.7. The molecule has 1 fully saturated rings. The molecule has 4 rings (SSSR count). The van der Waals surface area contributed by atoms with Crippen LogP contribution in [0.5, 0.6) is 0 Å². The van der Waals surface area contributed by atoms with Gasteiger partial charge in [-0.1, -0.05) is 30.3 Å². The highest BCUT2D eigenvalue weighted by atomic mass is 32.1. The summed E-state index contributed by atoms with van der Waals surface area (Å²) >= 11 is 1.65. The number of benzene rings is 1. The smallest absolute Gasteiger partial charge is 0.225 e. The maximum absolute atomic E-state index is 13.0. The average molecular weight is 396 g/mol. The molecule has 3 heterocycles. The number of hydrogen-bond donors (Lipinski definition) is 2. The largest absolute Gasteiger partial charge is 0.348 e. The summed E-state index contributed by atoms with van der Waals surface area (Å²) in [5, 5.41) is 11.8. The molecule has 0 saturated carbocycles. The van der Waals surface area contributed by atoms with Gasteiger partial charge in [0.1, 0.15) is 5.01 Å². The second-order valence-electron chi connectivity index (χ2n) is 7.38. The molecule has 1 aromatic carbocycles. The fraction of sp³-hybridized carbons (Fsp3) is 0.381. The van der Waals surface area contributed by atoms with Crippen LogP contribution in [0.2, 0.25) is 0 Å². The second kappa shape index (κ2) is 7.85. The van der Waals surface area contributed by atoms with E-state index in [0.29, 0.717) is 6.54 Å². The number of nitrogens with one attached hydrogen (secondary N) is 2. The highest BCUT2D eigenvalue weighted by Gasteiger charge is 2.35. The summed E-state index contributed by atoms with van der Waals surface area (Å²) in [4.78, 5) is 18.8. The van der Waals surface area contributed by atoms with Crippen LogP contribution in [0.15, 0.2) is 42.7 Å². The third-order valence-corrected chi connectivity index (χ3v) is 6.70. The molecule has 28 heavy (non-hydrogen) atoms. The van der Waals surface area contributed by atoms with Crippen molar-refractivity contribution in [2.24, 2.45) is 13.0 Å². The Morgan fingerprint density at radius 1 is 1.32 bits per heavy atom. The minimum absolute atomic E-state index is 0.0717. The molecule has 146 valence electrons. The lowest BCUT2D eigenvalue weighted by atomic mass is 9.90. The van der Waals surface area contributed by atoms with Crippen molar-refractivity contribution < 1.29 is 4.79 Å². The summed E-state index contributed by atoms with van der Waals surface area (Å²) in [5.41, 5.74) is 3.20. The summed E-state index contributed by atoms with van der Waals surface area (Å²) < 4.78 is 1.79. The number of amides is 1. The van der Waals surface area contributed by atoms with Gasteiger partial charge in [0.25, 0.3) is 0 Å². The topological polar surface area (TPSA) is 71.8 Å². The van der Waals surface area contributed by atoms with Crippen molar-refractivity contribution in [3.05, 3.63) is 58.9 Å². The van der Waals surface area contributed by atoms with Gasteiger partial charge in [-0.2, -0.15) is 5.10 Å². The Hall–Kier alpha value is -2.51. The Kier molecular flexibility index (Phi) is 5.28. The van der Waals surface area contributed by atoms with Gasteiger partial charge in [0.15, 0.2) is 0 Å². The molecule has 3 aromatic rings. The summed E-state index contributed by atoms with van der Waals surface area (Å²) in [5.74, 6) is 0.150. The monoisotopic (exact) mass is 395 g/mol. The first-order chi connectivity index (χ1) is 13.5. The Morgan fingerprint density at radius 2 is 2.11 bits per heavy atom. The van der Waals surface area contributed by atoms with Gasteiger partial charge < -0.3 is 10.6 Å². The number of hydrogen-bond acceptors (Lipinski definition) is 5. The summed E-state index contributed by atoms with van der Waals surface area (Å²) in [6.45, 7) is 5.54. The molecule has 1 aliphatic rings. The Labute approximate surface area is 169 Å². The highest BCUT2D eigenvalue weighted by molar-refractivity contribution is 7.15. The van der Waals surface area contributed by atoms with Crippen LogP contribution in [0.3, 0.4) is 0 Å². The molecule has 1 saturated heterocycles. The van der Waals surface area contributed by atoms with E-state index in [1.165, 1.54) is 0 Å². The predicted molar refractivity (Wildman–Crippen MR) is 111 cm³/mol. The zero-order valence-corrected chi connectivity index (χ0v) is 17.2. The SMILES string of the molecule is Cc1nc(-c2ccccc2)sc1C(C)NC(=O)[C@H]1CNC[C@@H]1c1cnn(C)c1. The van der Waals surface area contributed by atoms with Crippen LogP contribution in [0.4, 0.5) is 0 Å². The lowest BCUT2D eigenvalue weighted by molar-refractivity contribution is -0.125. The molecule has 1 amide bonds. The van der Waals surface area contributed by atoms with Crippen molar-refractivity contribution in [2.75, 3.05) is 13.1 Å². The Morgan fingerprint density at radius 3 is 2.82 bits per heavy atom. The first kappa shape index (κ1) is 18.8. The molecule has 0 aliphatic carbocycles. The number of thiazole rings is 1. The van der Waals surface area contributed by atoms with Gasteiger partial charge in [0.2, 0.25) is 5.91 Å². The van der Waals surface area contributed by atoms with Gasteiger partial charge in [-0.05, 0) is 19.4 Å². The van der Waals surface area contributed by atoms with Crippen LogP contribution in [0.1, 0.15) is 35.0 Å². The minimum Gasteiger partial charge on any atom is -0.348 e. The van der Waals surface area contributed by atoms with E-state index in [1.54, 1.807) is 16.0 Å². The number of carbonyl (C=O) groups excluding carboxylic acids is 1. The Balaban J connectivity index is 1.48. The van der Waals surface area contributed by atoms with Crippen molar-refractivity contribution in [1.29, 1.82) is 0 Å². The van der Waals surface area contributed by atoms with E-state index in [1.807, 2.05) is 51.5 Å². The molecule has 0 bridgehead atoms. The van der Waals surface area contributed by atoms with Crippen molar-refractivity contribution >= 4 is 17.2 Å². The lowest BCUT2D eigenvalue weighted by Gasteiger charge is -2.20. The van der Waals surface area contributed by atoms with Gasteiger partial charge >= 0.3 is 0 Å². The standard InChI is InChI=1S/C21H25N5OS/c1-13(19-14(2)25-21(28-19)15-7-5-4-6-8-15)24-20(27)18-11-22-10-17(18)16-9-23-26(3)12-16/h4-9,12-13,17-18,22H,10-11H2,1-3H3,(H,24,27)/t13?,17-,18+/m1/s1. The number of carbonyl (C=O) groups is 1. The third kappa shape index (κ3) is 3.72. The van der Waals surface area contributed by atoms with Gasteiger partial charge in [-0.25, -0.2) is 4.98 Å². The quantitative estimate of drug-likeness (QED) is 0.697. The zero-order valence-electron chi connectivity index (χ0n) is 16.3. The highest BCUT2D eigenvalue weighted by Crippen LogP contribution is 2.33. The minimum atomic E-state index is -0.0894. The molecular weight excluding hydrogens is 370 g/mol. The average Bonchev–Trinajstić information content (AvgIpc) is 3.41. The van der Waals surface area contributed by atoms with E-state index in [2.05, 4.69) is 27.9 Å². The molecule has 7 heteroatoms. The van der Waals surface area contributed by atoms with Gasteiger partial charge in [-0.3, -0.25) is 9.48 Å². The number of rotatable bonds is 5. The van der Waals surface area contributed by atoms with E-state index in [9.17, 15) is 4.79 Å². The fourth-order valence-corrected chi connectivity index (χ4v) is 4.91. The van der Waals surface area contributed by atoms with E-state index in [-0.39, 0.29) is 23.8 Å². The summed E-state index contributed by atoms with van der Waals surface area (Å²) in [6.07, 6.45) is 3.86. The number of aromatic nitrogens is 3. The normalized spacial score (nSPS) is 20.2. The van der Waals surface area contributed by atoms with Crippen molar-refractivity contribution in [3.8, 4) is 10.6 Å². The molecule has 6 nitrogen and oxygen atoms in total. The predicted octanol–water partition coefficient (Wildman–Crippen LogP) is 3.03. The molecule has 1 aliphatic heterocycles. The first-order valence-corrected chi connectivity index (χ1v) is 10.4. The van der Waals surface area contributed by atoms with Crippen LogP contribution >= 0.6 is 11.3 Å². The van der Waals surface area contributed by atoms with Crippen LogP contribution in [-0.2, 0) is 11.8 Å². The molecule has 0 spiro atoms. The van der Waals surface area contributed by atoms with Crippen molar-refractivity contribution in [3.63, 3.8) is 0 Å². The van der Waals surface area contributed by atoms with E-state index in [4.69, 9.17) is 4.98 Å². The van der Waals surface area contributed by atoms with E-state index >= 15 is 0 Å². The van der Waals surface area contributed by atoms with Crippen LogP contribution in [-0.4, -0.2) is 33.8 Å². The number of nitrogens with zero attached hydrogens (tertiary/aromatic N) is 3. The van der Waals surface area contributed by atoms with Crippen LogP contribution in [0.25, 0.3) is 10.6 Å². The molecule has 2 aromatic heterocycles. The third-order valence-electron chi connectivity index (χ3n) is 5.31. The molecule has 2 N–H and O–H groups in total. The second-order valence-corrected chi connectivity index (χ2v) is 8.41. The maximum atomic E-state index is 13.0. The molecule has 3 atom stereocenters. The van der Waals surface area contributed by atoms with Gasteiger partial charge in [0, 0.05) is 37.8 Å². The van der Waals surface area contributed by atoms with Gasteiger partial charge in [0.05, 0.1) is 28.7 Å². The van der Waals surface area contributed by atoms with Crippen molar-refractivity contribution in [2.45, 2.75) is 25.8 Å². The van der Waals surface area contributed by atoms with Crippen LogP contribution in [0, 0.1) is 12.8 Å². The fourth-order valence-electron chi connectivity index (χ4n) is 3.84. The first-order valence-electron chi connectivity index (χ1n) is 9.55. The molecule has 1 unspecified atom stereocenters. The molecule has 0 radical (unpaired) electrons. The van der Waals surface area contributed by atoms with Crippen molar-refractivity contribution in [1.82, 2.24) is 25.4 Å². The van der Waals surface area contributed by atoms with E-state index in [0.717, 1.165) is 33.3 Å². The molecular formula is C21H25N5OS. The van der Waals surface area contributed by atoms with Gasteiger partial charge in [-0.15, -0.1) is 11.3 Å². The summed E-state index contributed by atoms with van der Waals surface area (Å²) in [7, 11) is 1.90.